The lowest BCUT2D eigenvalue weighted by atomic mass is 9.95. The minimum Gasteiger partial charge on any atom is -0.454 e. The molecule has 0 amide bonds. The molecule has 0 N–H and O–H groups in total. The van der Waals surface area contributed by atoms with Crippen molar-refractivity contribution in [3.8, 4) is 39.7 Å². The number of benzene rings is 3. The molecule has 0 aliphatic carbocycles. The summed E-state index contributed by atoms with van der Waals surface area (Å²) in [6, 6.07) is 29.1. The number of pyridine rings is 2. The quantitative estimate of drug-likeness (QED) is 0.233. The standard InChI is InChI=1S/C34H28N3O/c1-21(2)24-16-17-37(4)30(18-24)31-22(3)10-13-27-28-14-11-25(19-35)32(34(28)38-33(27)31)26-12-15-29(36-20-26)23-8-6-5-7-9-23/h5-18,20-21H,1-4H3/q+1. The molecule has 0 aliphatic heterocycles. The molecule has 3 aromatic carbocycles. The third-order valence-electron chi connectivity index (χ3n) is 7.36. The van der Waals surface area contributed by atoms with Crippen molar-refractivity contribution >= 4 is 21.9 Å². The lowest BCUT2D eigenvalue weighted by Crippen LogP contribution is -2.31. The van der Waals surface area contributed by atoms with Crippen molar-refractivity contribution in [1.29, 1.82) is 5.26 Å². The second kappa shape index (κ2) is 9.28. The number of furan rings is 1. The van der Waals surface area contributed by atoms with Crippen LogP contribution in [0.2, 0.25) is 0 Å². The second-order valence-electron chi connectivity index (χ2n) is 10.1. The van der Waals surface area contributed by atoms with Crippen LogP contribution in [0.25, 0.3) is 55.6 Å². The number of hydrogen-bond acceptors (Lipinski definition) is 3. The van der Waals surface area contributed by atoms with E-state index in [2.05, 4.69) is 68.9 Å². The SMILES string of the molecule is Cc1ccc2c(oc3c(-c4ccc(-c5ccccc5)nc4)c(C#N)ccc32)c1-c1cc(C(C)C)cc[n+]1C. The Morgan fingerprint density at radius 1 is 0.842 bits per heavy atom. The summed E-state index contributed by atoms with van der Waals surface area (Å²) < 4.78 is 8.87. The van der Waals surface area contributed by atoms with Crippen molar-refractivity contribution in [1.82, 2.24) is 4.98 Å². The third-order valence-corrected chi connectivity index (χ3v) is 7.36. The first-order valence-corrected chi connectivity index (χ1v) is 12.9. The van der Waals surface area contributed by atoms with Gasteiger partial charge in [-0.1, -0.05) is 62.4 Å². The van der Waals surface area contributed by atoms with E-state index in [-0.39, 0.29) is 0 Å². The van der Waals surface area contributed by atoms with E-state index in [0.717, 1.165) is 55.6 Å². The zero-order valence-corrected chi connectivity index (χ0v) is 22.0. The van der Waals surface area contributed by atoms with E-state index in [1.54, 1.807) is 0 Å². The van der Waals surface area contributed by atoms with Crippen LogP contribution in [-0.4, -0.2) is 4.98 Å². The van der Waals surface area contributed by atoms with Crippen molar-refractivity contribution in [3.63, 3.8) is 0 Å². The zero-order chi connectivity index (χ0) is 26.4. The summed E-state index contributed by atoms with van der Waals surface area (Å²) in [5.41, 5.74) is 10.3. The molecular formula is C34H28N3O+. The van der Waals surface area contributed by atoms with Crippen LogP contribution in [0.1, 0.15) is 36.5 Å². The Morgan fingerprint density at radius 3 is 2.26 bits per heavy atom. The number of fused-ring (bicyclic) bond motifs is 3. The summed E-state index contributed by atoms with van der Waals surface area (Å²) >= 11 is 0. The molecule has 0 spiro atoms. The van der Waals surface area contributed by atoms with Crippen LogP contribution in [0.4, 0.5) is 0 Å². The molecule has 0 saturated heterocycles. The summed E-state index contributed by atoms with van der Waals surface area (Å²) in [6.45, 7) is 6.54. The molecule has 0 radical (unpaired) electrons. The minimum atomic E-state index is 0.418. The summed E-state index contributed by atoms with van der Waals surface area (Å²) in [5, 5.41) is 12.1. The Morgan fingerprint density at radius 2 is 1.58 bits per heavy atom. The van der Waals surface area contributed by atoms with E-state index < -0.39 is 0 Å². The van der Waals surface area contributed by atoms with E-state index in [0.29, 0.717) is 17.1 Å². The molecule has 0 saturated carbocycles. The maximum atomic E-state index is 10.0. The Kier molecular flexibility index (Phi) is 5.77. The number of nitriles is 1. The minimum absolute atomic E-state index is 0.418. The van der Waals surface area contributed by atoms with E-state index in [1.165, 1.54) is 5.56 Å². The predicted molar refractivity (Wildman–Crippen MR) is 153 cm³/mol. The van der Waals surface area contributed by atoms with Gasteiger partial charge in [0.15, 0.2) is 6.20 Å². The van der Waals surface area contributed by atoms with E-state index in [1.807, 2.05) is 60.8 Å². The van der Waals surface area contributed by atoms with E-state index >= 15 is 0 Å². The lowest BCUT2D eigenvalue weighted by molar-refractivity contribution is -0.660. The Labute approximate surface area is 222 Å². The largest absolute Gasteiger partial charge is 0.454 e. The van der Waals surface area contributed by atoms with Gasteiger partial charge in [-0.15, -0.1) is 0 Å². The maximum Gasteiger partial charge on any atom is 0.216 e. The topological polar surface area (TPSA) is 53.7 Å². The predicted octanol–water partition coefficient (Wildman–Crippen LogP) is 8.11. The van der Waals surface area contributed by atoms with Gasteiger partial charge >= 0.3 is 0 Å². The number of hydrogen-bond donors (Lipinski definition) is 0. The smallest absolute Gasteiger partial charge is 0.216 e. The molecule has 6 aromatic rings. The number of aryl methyl sites for hydroxylation is 2. The van der Waals surface area contributed by atoms with Gasteiger partial charge in [0.1, 0.15) is 18.2 Å². The maximum absolute atomic E-state index is 10.0. The zero-order valence-electron chi connectivity index (χ0n) is 22.0. The molecule has 6 rings (SSSR count). The first-order valence-electron chi connectivity index (χ1n) is 12.9. The molecule has 4 heteroatoms. The normalized spacial score (nSPS) is 11.4. The van der Waals surface area contributed by atoms with Gasteiger partial charge in [-0.05, 0) is 42.2 Å². The summed E-state index contributed by atoms with van der Waals surface area (Å²) in [7, 11) is 2.07. The van der Waals surface area contributed by atoms with Gasteiger partial charge in [-0.25, -0.2) is 4.57 Å². The molecule has 0 aliphatic rings. The van der Waals surface area contributed by atoms with Crippen LogP contribution < -0.4 is 4.57 Å². The van der Waals surface area contributed by atoms with E-state index in [4.69, 9.17) is 9.40 Å². The summed E-state index contributed by atoms with van der Waals surface area (Å²) in [5.74, 6) is 0.418. The van der Waals surface area contributed by atoms with Gasteiger partial charge in [0, 0.05) is 45.8 Å². The number of aromatic nitrogens is 2. The first kappa shape index (κ1) is 23.6. The summed E-state index contributed by atoms with van der Waals surface area (Å²) in [6.07, 6.45) is 3.95. The van der Waals surface area contributed by atoms with Crippen LogP contribution in [-0.2, 0) is 7.05 Å². The number of nitrogens with zero attached hydrogens (tertiary/aromatic N) is 3. The van der Waals surface area contributed by atoms with Gasteiger partial charge in [0.05, 0.1) is 22.9 Å². The Bertz CT molecular complexity index is 1860. The number of rotatable bonds is 4. The molecule has 4 nitrogen and oxygen atoms in total. The van der Waals surface area contributed by atoms with Crippen LogP contribution in [0.3, 0.4) is 0 Å². The Balaban J connectivity index is 1.60. The van der Waals surface area contributed by atoms with Gasteiger partial charge < -0.3 is 4.42 Å². The highest BCUT2D eigenvalue weighted by Gasteiger charge is 2.24. The average Bonchev–Trinajstić information content (AvgIpc) is 3.32. The fourth-order valence-electron chi connectivity index (χ4n) is 5.22. The molecule has 3 aromatic heterocycles. The van der Waals surface area contributed by atoms with Crippen LogP contribution in [0, 0.1) is 18.3 Å². The van der Waals surface area contributed by atoms with Crippen molar-refractivity contribution in [2.75, 3.05) is 0 Å². The fourth-order valence-corrected chi connectivity index (χ4v) is 5.22. The van der Waals surface area contributed by atoms with Crippen molar-refractivity contribution in [2.45, 2.75) is 26.7 Å². The van der Waals surface area contributed by atoms with Crippen molar-refractivity contribution in [3.05, 3.63) is 108 Å². The molecule has 38 heavy (non-hydrogen) atoms. The molecular weight excluding hydrogens is 466 g/mol. The Hall–Kier alpha value is -4.75. The van der Waals surface area contributed by atoms with Crippen LogP contribution >= 0.6 is 0 Å². The third kappa shape index (κ3) is 3.84. The van der Waals surface area contributed by atoms with Gasteiger partial charge in [-0.2, -0.15) is 5.26 Å². The second-order valence-corrected chi connectivity index (χ2v) is 10.1. The molecule has 0 bridgehead atoms. The van der Waals surface area contributed by atoms with Crippen LogP contribution in [0.15, 0.2) is 95.7 Å². The summed E-state index contributed by atoms with van der Waals surface area (Å²) in [4.78, 5) is 4.72. The highest BCUT2D eigenvalue weighted by molar-refractivity contribution is 6.14. The van der Waals surface area contributed by atoms with Crippen molar-refractivity contribution in [2.24, 2.45) is 7.05 Å². The van der Waals surface area contributed by atoms with Gasteiger partial charge in [-0.3, -0.25) is 4.98 Å². The van der Waals surface area contributed by atoms with Crippen LogP contribution in [0.5, 0.6) is 0 Å². The first-order chi connectivity index (χ1) is 18.5. The highest BCUT2D eigenvalue weighted by Crippen LogP contribution is 2.42. The monoisotopic (exact) mass is 494 g/mol. The highest BCUT2D eigenvalue weighted by atomic mass is 16.3. The lowest BCUT2D eigenvalue weighted by Gasteiger charge is -2.09. The fraction of sp³-hybridized carbons (Fsp3) is 0.147. The van der Waals surface area contributed by atoms with Gasteiger partial charge in [0.25, 0.3) is 0 Å². The van der Waals surface area contributed by atoms with E-state index in [9.17, 15) is 5.26 Å². The molecule has 184 valence electrons. The molecule has 0 unspecified atom stereocenters. The van der Waals surface area contributed by atoms with Crippen molar-refractivity contribution < 1.29 is 8.98 Å². The molecule has 0 atom stereocenters. The molecule has 0 fully saturated rings. The molecule has 3 heterocycles. The van der Waals surface area contributed by atoms with Gasteiger partial charge in [0.2, 0.25) is 5.69 Å². The average molecular weight is 495 g/mol.